The zero-order chi connectivity index (χ0) is 22.7. The van der Waals surface area contributed by atoms with E-state index in [-0.39, 0.29) is 36.3 Å². The molecule has 3 heterocycles. The fourth-order valence-electron chi connectivity index (χ4n) is 5.41. The number of anilines is 2. The number of nitrogens with zero attached hydrogens (tertiary/aromatic N) is 1. The molecular formula is C21H28N2O7Si. The van der Waals surface area contributed by atoms with E-state index in [0.29, 0.717) is 23.4 Å². The monoisotopic (exact) mass is 448 g/mol. The van der Waals surface area contributed by atoms with Gasteiger partial charge in [-0.1, -0.05) is 6.92 Å². The summed E-state index contributed by atoms with van der Waals surface area (Å²) in [6.45, 7) is 6.69. The van der Waals surface area contributed by atoms with Crippen LogP contribution in [0.4, 0.5) is 11.4 Å². The van der Waals surface area contributed by atoms with Crippen molar-refractivity contribution in [2.24, 2.45) is 5.92 Å². The van der Waals surface area contributed by atoms with Gasteiger partial charge >= 0.3 is 5.97 Å². The van der Waals surface area contributed by atoms with Crippen molar-refractivity contribution in [3.8, 4) is 0 Å². The first-order chi connectivity index (χ1) is 14.5. The molecule has 1 unspecified atom stereocenters. The van der Waals surface area contributed by atoms with Gasteiger partial charge < -0.3 is 24.7 Å². The van der Waals surface area contributed by atoms with Crippen LogP contribution < -0.4 is 10.2 Å². The van der Waals surface area contributed by atoms with Crippen molar-refractivity contribution in [3.63, 3.8) is 0 Å². The normalized spacial score (nSPS) is 32.1. The molecule has 0 aliphatic carbocycles. The minimum atomic E-state index is -2.74. The van der Waals surface area contributed by atoms with E-state index in [1.807, 2.05) is 20.0 Å². The van der Waals surface area contributed by atoms with Crippen molar-refractivity contribution in [2.75, 3.05) is 16.8 Å². The lowest BCUT2D eigenvalue weighted by molar-refractivity contribution is -0.153. The summed E-state index contributed by atoms with van der Waals surface area (Å²) in [5.74, 6) is -1.32. The zero-order valence-electron chi connectivity index (χ0n) is 18.0. The van der Waals surface area contributed by atoms with Crippen molar-refractivity contribution in [1.29, 1.82) is 0 Å². The van der Waals surface area contributed by atoms with Crippen molar-refractivity contribution in [2.45, 2.75) is 63.3 Å². The summed E-state index contributed by atoms with van der Waals surface area (Å²) >= 11 is 0. The van der Waals surface area contributed by atoms with Crippen LogP contribution in [0.3, 0.4) is 0 Å². The number of benzene rings is 1. The summed E-state index contributed by atoms with van der Waals surface area (Å²) < 4.78 is 11.6. The number of carbonyl (C=O) groups excluding carboxylic acids is 3. The number of hydrogen-bond acceptors (Lipinski definition) is 7. The Labute approximate surface area is 181 Å². The SMILES string of the molecule is CC(=O)OC1CC(=O)N1c1ccc2c(c1)[C@]1(O[C@@H](CCO)[C@H]([Si](C)(C)O)[C@H]1C)C(=O)N2. The standard InChI is InChI=1S/C21H28N2O7Si/c1-11-19(31(3,4)28)16(7-8-24)30-21(11)14-9-13(5-6-15(14)22-20(21)27)23-17(26)10-18(23)29-12(2)25/h5-6,9,11,16,18-19,24,28H,7-8,10H2,1-4H3,(H,22,27)/t11-,16+,18?,19-,21+/m1/s1. The molecule has 5 atom stereocenters. The molecule has 3 N–H and O–H groups in total. The first-order valence-corrected chi connectivity index (χ1v) is 13.5. The van der Waals surface area contributed by atoms with Gasteiger partial charge in [-0.3, -0.25) is 19.3 Å². The molecule has 1 aromatic rings. The highest BCUT2D eigenvalue weighted by molar-refractivity contribution is 6.71. The quantitative estimate of drug-likeness (QED) is 0.354. The van der Waals surface area contributed by atoms with E-state index in [1.165, 1.54) is 11.8 Å². The van der Waals surface area contributed by atoms with Gasteiger partial charge in [-0.05, 0) is 37.7 Å². The molecule has 4 rings (SSSR count). The van der Waals surface area contributed by atoms with Crippen LogP contribution in [0.15, 0.2) is 18.2 Å². The zero-order valence-corrected chi connectivity index (χ0v) is 19.0. The molecule has 1 spiro atoms. The second kappa shape index (κ2) is 7.40. The molecule has 3 aliphatic rings. The van der Waals surface area contributed by atoms with Crippen molar-refractivity contribution < 1.29 is 33.8 Å². The molecule has 9 nitrogen and oxygen atoms in total. The number of rotatable bonds is 5. The highest BCUT2D eigenvalue weighted by atomic mass is 28.4. The molecular weight excluding hydrogens is 420 g/mol. The van der Waals surface area contributed by atoms with Crippen LogP contribution in [-0.4, -0.2) is 54.9 Å². The van der Waals surface area contributed by atoms with Gasteiger partial charge in [0, 0.05) is 41.9 Å². The Morgan fingerprint density at radius 3 is 2.68 bits per heavy atom. The van der Waals surface area contributed by atoms with E-state index >= 15 is 0 Å². The Morgan fingerprint density at radius 2 is 2.10 bits per heavy atom. The highest BCUT2D eigenvalue weighted by Crippen LogP contribution is 2.58. The fraction of sp³-hybridized carbons (Fsp3) is 0.571. The minimum Gasteiger partial charge on any atom is -0.441 e. The van der Waals surface area contributed by atoms with Crippen LogP contribution in [0.1, 0.15) is 32.3 Å². The molecule has 0 saturated carbocycles. The van der Waals surface area contributed by atoms with Crippen molar-refractivity contribution >= 4 is 37.5 Å². The second-order valence-corrected chi connectivity index (χ2v) is 13.1. The van der Waals surface area contributed by atoms with Crippen LogP contribution in [0.2, 0.25) is 18.6 Å². The number of β-lactam (4-membered cyclic amide) rings is 1. The lowest BCUT2D eigenvalue weighted by atomic mass is 9.82. The van der Waals surface area contributed by atoms with E-state index in [4.69, 9.17) is 9.47 Å². The topological polar surface area (TPSA) is 125 Å². The molecule has 0 aromatic heterocycles. The van der Waals surface area contributed by atoms with Crippen molar-refractivity contribution in [3.05, 3.63) is 23.8 Å². The molecule has 3 aliphatic heterocycles. The average molecular weight is 449 g/mol. The molecule has 31 heavy (non-hydrogen) atoms. The third kappa shape index (κ3) is 3.29. The summed E-state index contributed by atoms with van der Waals surface area (Å²) in [6, 6.07) is 5.13. The molecule has 2 saturated heterocycles. The van der Waals surface area contributed by atoms with Gasteiger partial charge in [-0.2, -0.15) is 0 Å². The summed E-state index contributed by atoms with van der Waals surface area (Å²) in [5.41, 5.74) is 0.0918. The highest BCUT2D eigenvalue weighted by Gasteiger charge is 2.64. The number of carbonyl (C=O) groups is 3. The van der Waals surface area contributed by atoms with E-state index < -0.39 is 32.2 Å². The van der Waals surface area contributed by atoms with Crippen LogP contribution >= 0.6 is 0 Å². The first kappa shape index (κ1) is 21.9. The second-order valence-electron chi connectivity index (χ2n) is 9.09. The lowest BCUT2D eigenvalue weighted by Crippen LogP contribution is -2.55. The maximum absolute atomic E-state index is 13.2. The van der Waals surface area contributed by atoms with Crippen LogP contribution in [0.25, 0.3) is 0 Å². The van der Waals surface area contributed by atoms with E-state index in [2.05, 4.69) is 5.32 Å². The molecule has 1 aromatic carbocycles. The van der Waals surface area contributed by atoms with Crippen LogP contribution in [0.5, 0.6) is 0 Å². The first-order valence-electron chi connectivity index (χ1n) is 10.5. The Balaban J connectivity index is 1.76. The van der Waals surface area contributed by atoms with Gasteiger partial charge in [-0.15, -0.1) is 0 Å². The largest absolute Gasteiger partial charge is 0.441 e. The number of fused-ring (bicyclic) bond motifs is 2. The fourth-order valence-corrected chi connectivity index (χ4v) is 8.02. The van der Waals surface area contributed by atoms with Gasteiger partial charge in [0.2, 0.25) is 5.91 Å². The van der Waals surface area contributed by atoms with Gasteiger partial charge in [0.1, 0.15) is 0 Å². The minimum absolute atomic E-state index is 0.108. The summed E-state index contributed by atoms with van der Waals surface area (Å²) in [6.07, 6.45) is -0.720. The predicted molar refractivity (Wildman–Crippen MR) is 114 cm³/mol. The molecule has 168 valence electrons. The van der Waals surface area contributed by atoms with E-state index in [0.717, 1.165) is 0 Å². The average Bonchev–Trinajstić information content (AvgIpc) is 3.09. The van der Waals surface area contributed by atoms with Gasteiger partial charge in [-0.25, -0.2) is 0 Å². The number of aliphatic hydroxyl groups is 1. The van der Waals surface area contributed by atoms with Crippen LogP contribution in [0, 0.1) is 5.92 Å². The summed E-state index contributed by atoms with van der Waals surface area (Å²) in [4.78, 5) is 49.2. The van der Waals surface area contributed by atoms with E-state index in [1.54, 1.807) is 18.2 Å². The Kier molecular flexibility index (Phi) is 5.24. The van der Waals surface area contributed by atoms with Gasteiger partial charge in [0.25, 0.3) is 5.91 Å². The molecule has 2 fully saturated rings. The molecule has 0 radical (unpaired) electrons. The smallest absolute Gasteiger partial charge is 0.304 e. The number of nitrogens with one attached hydrogen (secondary N) is 1. The Hall–Kier alpha value is -2.27. The number of hydrogen-bond donors (Lipinski definition) is 3. The third-order valence-electron chi connectivity index (χ3n) is 6.62. The number of aliphatic hydroxyl groups excluding tert-OH is 1. The Bertz CT molecular complexity index is 946. The molecule has 2 amide bonds. The molecule has 10 heteroatoms. The molecule has 0 bridgehead atoms. The maximum atomic E-state index is 13.2. The number of amides is 2. The van der Waals surface area contributed by atoms with Crippen molar-refractivity contribution in [1.82, 2.24) is 0 Å². The van der Waals surface area contributed by atoms with Gasteiger partial charge in [0.15, 0.2) is 20.1 Å². The maximum Gasteiger partial charge on any atom is 0.304 e. The predicted octanol–water partition coefficient (Wildman–Crippen LogP) is 1.44. The number of ether oxygens (including phenoxy) is 2. The Morgan fingerprint density at radius 1 is 1.39 bits per heavy atom. The number of esters is 1. The summed E-state index contributed by atoms with van der Waals surface area (Å²) in [5, 5.41) is 12.4. The van der Waals surface area contributed by atoms with E-state index in [9.17, 15) is 24.3 Å². The third-order valence-corrected chi connectivity index (χ3v) is 9.13. The van der Waals surface area contributed by atoms with Gasteiger partial charge in [0.05, 0.1) is 12.5 Å². The van der Waals surface area contributed by atoms with Crippen LogP contribution in [-0.2, 0) is 29.5 Å². The summed E-state index contributed by atoms with van der Waals surface area (Å²) in [7, 11) is -2.74. The lowest BCUT2D eigenvalue weighted by Gasteiger charge is -2.39.